The predicted molar refractivity (Wildman–Crippen MR) is 227 cm³/mol. The smallest absolute Gasteiger partial charge is 0.305 e. The van der Waals surface area contributed by atoms with E-state index in [2.05, 4.69) is 43.5 Å². The van der Waals surface area contributed by atoms with E-state index < -0.39 is 12.1 Å². The van der Waals surface area contributed by atoms with Gasteiger partial charge in [0.05, 0.1) is 25.4 Å². The van der Waals surface area contributed by atoms with Crippen molar-refractivity contribution in [1.82, 2.24) is 5.32 Å². The summed E-state index contributed by atoms with van der Waals surface area (Å²) < 4.78 is 5.43. The van der Waals surface area contributed by atoms with E-state index in [1.807, 2.05) is 0 Å². The molecule has 1 amide bonds. The molecule has 6 nitrogen and oxygen atoms in total. The average Bonchev–Trinajstić information content (AvgIpc) is 3.16. The minimum Gasteiger partial charge on any atom is -0.466 e. The fourth-order valence-electron chi connectivity index (χ4n) is 6.85. The van der Waals surface area contributed by atoms with Crippen LogP contribution in [-0.2, 0) is 14.3 Å². The van der Waals surface area contributed by atoms with E-state index in [1.54, 1.807) is 0 Å². The molecule has 0 bridgehead atoms. The minimum atomic E-state index is -0.672. The summed E-state index contributed by atoms with van der Waals surface area (Å²) in [5.74, 6) is -0.0708. The summed E-state index contributed by atoms with van der Waals surface area (Å²) in [6.07, 6.45) is 48.5. The van der Waals surface area contributed by atoms with Crippen LogP contribution in [0.2, 0.25) is 0 Å². The summed E-state index contributed by atoms with van der Waals surface area (Å²) >= 11 is 0. The highest BCUT2D eigenvalue weighted by atomic mass is 16.5. The first-order valence-corrected chi connectivity index (χ1v) is 23.1. The molecule has 0 spiro atoms. The number of carbonyl (C=O) groups is 2. The van der Waals surface area contributed by atoms with Crippen LogP contribution in [0.1, 0.15) is 239 Å². The van der Waals surface area contributed by atoms with Crippen LogP contribution in [0.25, 0.3) is 0 Å². The molecule has 0 aliphatic heterocycles. The van der Waals surface area contributed by atoms with Crippen molar-refractivity contribution in [3.63, 3.8) is 0 Å². The number of aliphatic hydroxyl groups excluding tert-OH is 2. The fourth-order valence-corrected chi connectivity index (χ4v) is 6.85. The van der Waals surface area contributed by atoms with E-state index in [0.717, 1.165) is 64.2 Å². The van der Waals surface area contributed by atoms with Gasteiger partial charge in [-0.15, -0.1) is 0 Å². The second-order valence-corrected chi connectivity index (χ2v) is 15.7. The van der Waals surface area contributed by atoms with Crippen molar-refractivity contribution in [3.05, 3.63) is 24.3 Å². The topological polar surface area (TPSA) is 95.9 Å². The third-order valence-corrected chi connectivity index (χ3v) is 10.5. The first-order valence-electron chi connectivity index (χ1n) is 23.1. The van der Waals surface area contributed by atoms with Gasteiger partial charge in [0.15, 0.2) is 0 Å². The van der Waals surface area contributed by atoms with E-state index >= 15 is 0 Å². The normalized spacial score (nSPS) is 12.9. The summed E-state index contributed by atoms with van der Waals surface area (Å²) in [4.78, 5) is 24.3. The Balaban J connectivity index is 3.47. The number of rotatable bonds is 42. The van der Waals surface area contributed by atoms with Crippen LogP contribution in [-0.4, -0.2) is 47.4 Å². The Kier molecular flexibility index (Phi) is 41.7. The fraction of sp³-hybridized carbons (Fsp3) is 0.872. The van der Waals surface area contributed by atoms with Crippen LogP contribution < -0.4 is 5.32 Å². The third-order valence-electron chi connectivity index (χ3n) is 10.5. The summed E-state index contributed by atoms with van der Waals surface area (Å²) in [7, 11) is 0. The Bertz CT molecular complexity index is 828. The van der Waals surface area contributed by atoms with Gasteiger partial charge >= 0.3 is 5.97 Å². The number of aliphatic hydroxyl groups is 2. The molecule has 6 heteroatoms. The summed E-state index contributed by atoms with van der Waals surface area (Å²) in [6, 6.07) is -0.551. The van der Waals surface area contributed by atoms with Crippen molar-refractivity contribution < 1.29 is 24.5 Å². The number of ether oxygens (including phenoxy) is 1. The van der Waals surface area contributed by atoms with Gasteiger partial charge in [0, 0.05) is 12.8 Å². The molecule has 0 aliphatic rings. The molecule has 0 aliphatic carbocycles. The number of hydrogen-bond acceptors (Lipinski definition) is 5. The monoisotopic (exact) mass is 748 g/mol. The van der Waals surface area contributed by atoms with Crippen LogP contribution in [0.15, 0.2) is 24.3 Å². The van der Waals surface area contributed by atoms with E-state index in [0.29, 0.717) is 25.9 Å². The van der Waals surface area contributed by atoms with E-state index in [1.165, 1.54) is 141 Å². The number of carbonyl (C=O) groups excluding carboxylic acids is 2. The highest BCUT2D eigenvalue weighted by Crippen LogP contribution is 2.15. The van der Waals surface area contributed by atoms with Gasteiger partial charge in [-0.25, -0.2) is 0 Å². The lowest BCUT2D eigenvalue weighted by molar-refractivity contribution is -0.143. The lowest BCUT2D eigenvalue weighted by Crippen LogP contribution is -2.45. The van der Waals surface area contributed by atoms with Crippen molar-refractivity contribution in [2.24, 2.45) is 0 Å². The second kappa shape index (κ2) is 43.1. The molecule has 53 heavy (non-hydrogen) atoms. The molecule has 0 saturated carbocycles. The molecule has 0 fully saturated rings. The number of nitrogens with one attached hydrogen (secondary N) is 1. The van der Waals surface area contributed by atoms with Gasteiger partial charge in [0.2, 0.25) is 5.91 Å². The Hall–Kier alpha value is -1.66. The zero-order valence-corrected chi connectivity index (χ0v) is 35.2. The quantitative estimate of drug-likeness (QED) is 0.0328. The Morgan fingerprint density at radius 1 is 0.509 bits per heavy atom. The first-order chi connectivity index (χ1) is 26.0. The van der Waals surface area contributed by atoms with Gasteiger partial charge in [-0.1, -0.05) is 179 Å². The molecule has 312 valence electrons. The molecule has 0 radical (unpaired) electrons. The van der Waals surface area contributed by atoms with E-state index in [4.69, 9.17) is 4.74 Å². The minimum absolute atomic E-state index is 0.0149. The summed E-state index contributed by atoms with van der Waals surface area (Å²) in [6.45, 7) is 4.85. The molecule has 0 heterocycles. The van der Waals surface area contributed by atoms with Crippen molar-refractivity contribution in [1.29, 1.82) is 0 Å². The lowest BCUT2D eigenvalue weighted by atomic mass is 10.0. The van der Waals surface area contributed by atoms with Crippen molar-refractivity contribution in [2.75, 3.05) is 13.2 Å². The Morgan fingerprint density at radius 2 is 0.906 bits per heavy atom. The largest absolute Gasteiger partial charge is 0.466 e. The zero-order chi connectivity index (χ0) is 38.7. The highest BCUT2D eigenvalue weighted by molar-refractivity contribution is 5.76. The number of allylic oxidation sites excluding steroid dienone is 4. The standard InChI is InChI=1S/C47H89NO5/c1-3-5-7-9-11-13-20-25-29-33-37-41-47(52)53-42-38-34-30-26-22-19-17-15-14-16-18-21-24-28-32-36-40-46(51)48-44(43-49)45(50)39-35-31-27-23-12-10-8-6-4-2/h9,11,14,16,44-45,49-50H,3-8,10,12-13,15,17-43H2,1-2H3,(H,48,51)/b11-9-,16-14-. The van der Waals surface area contributed by atoms with Gasteiger partial charge in [-0.05, 0) is 70.6 Å². The molecule has 0 aromatic heterocycles. The molecule has 0 saturated heterocycles. The third kappa shape index (κ3) is 39.8. The van der Waals surface area contributed by atoms with Crippen molar-refractivity contribution in [2.45, 2.75) is 251 Å². The number of unbranched alkanes of at least 4 members (excludes halogenated alkanes) is 27. The molecule has 0 aromatic rings. The van der Waals surface area contributed by atoms with Gasteiger partial charge in [-0.3, -0.25) is 9.59 Å². The number of hydrogen-bond donors (Lipinski definition) is 3. The van der Waals surface area contributed by atoms with Crippen molar-refractivity contribution in [3.8, 4) is 0 Å². The van der Waals surface area contributed by atoms with Crippen LogP contribution in [0.4, 0.5) is 0 Å². The van der Waals surface area contributed by atoms with Gasteiger partial charge < -0.3 is 20.3 Å². The van der Waals surface area contributed by atoms with Gasteiger partial charge in [0.1, 0.15) is 0 Å². The maximum atomic E-state index is 12.4. The first kappa shape index (κ1) is 51.3. The molecule has 0 rings (SSSR count). The van der Waals surface area contributed by atoms with Gasteiger partial charge in [-0.2, -0.15) is 0 Å². The SMILES string of the molecule is CCCC/C=C\CCCCCCCC(=O)OCCCCCCCCC/C=C\CCCCCCCC(=O)NC(CO)C(O)CCCCCCCCCCC. The molecule has 3 N–H and O–H groups in total. The van der Waals surface area contributed by atoms with Crippen LogP contribution in [0.5, 0.6) is 0 Å². The summed E-state index contributed by atoms with van der Waals surface area (Å²) in [5.41, 5.74) is 0. The van der Waals surface area contributed by atoms with E-state index in [9.17, 15) is 19.8 Å². The van der Waals surface area contributed by atoms with Gasteiger partial charge in [0.25, 0.3) is 0 Å². The molecular formula is C47H89NO5. The average molecular weight is 748 g/mol. The molecule has 0 aromatic carbocycles. The highest BCUT2D eigenvalue weighted by Gasteiger charge is 2.20. The molecular weight excluding hydrogens is 659 g/mol. The van der Waals surface area contributed by atoms with E-state index in [-0.39, 0.29) is 18.5 Å². The Morgan fingerprint density at radius 3 is 1.40 bits per heavy atom. The maximum absolute atomic E-state index is 12.4. The van der Waals surface area contributed by atoms with Crippen molar-refractivity contribution >= 4 is 11.9 Å². The number of amides is 1. The van der Waals surface area contributed by atoms with Crippen LogP contribution in [0.3, 0.4) is 0 Å². The zero-order valence-electron chi connectivity index (χ0n) is 35.2. The predicted octanol–water partition coefficient (Wildman–Crippen LogP) is 13.2. The lowest BCUT2D eigenvalue weighted by Gasteiger charge is -2.22. The molecule has 2 unspecified atom stereocenters. The second-order valence-electron chi connectivity index (χ2n) is 15.7. The van der Waals surface area contributed by atoms with Crippen LogP contribution >= 0.6 is 0 Å². The Labute approximate surface area is 329 Å². The van der Waals surface area contributed by atoms with Crippen LogP contribution in [0, 0.1) is 0 Å². The molecule has 2 atom stereocenters. The number of esters is 1. The maximum Gasteiger partial charge on any atom is 0.305 e. The summed E-state index contributed by atoms with van der Waals surface area (Å²) in [5, 5.41) is 23.0.